The standard InChI is InChI=1S/C14H20N2O4/c1-11-9-13(18)16(14(19)12(11)10-15)5-4-8-20-7-3-2-6-17/h9,17,19H,2-8H2,1H3. The van der Waals surface area contributed by atoms with Gasteiger partial charge in [-0.3, -0.25) is 9.36 Å². The molecule has 0 saturated heterocycles. The van der Waals surface area contributed by atoms with Crippen molar-refractivity contribution in [2.45, 2.75) is 32.7 Å². The molecule has 20 heavy (non-hydrogen) atoms. The van der Waals surface area contributed by atoms with Crippen molar-refractivity contribution in [2.75, 3.05) is 19.8 Å². The highest BCUT2D eigenvalue weighted by Gasteiger charge is 2.11. The number of rotatable bonds is 8. The monoisotopic (exact) mass is 280 g/mol. The molecule has 0 spiro atoms. The van der Waals surface area contributed by atoms with E-state index in [1.807, 2.05) is 6.07 Å². The first kappa shape index (κ1) is 16.2. The van der Waals surface area contributed by atoms with Crippen molar-refractivity contribution in [3.8, 4) is 11.9 Å². The molecule has 6 nitrogen and oxygen atoms in total. The molecule has 0 saturated carbocycles. The van der Waals surface area contributed by atoms with E-state index in [-0.39, 0.29) is 23.6 Å². The van der Waals surface area contributed by atoms with Crippen molar-refractivity contribution < 1.29 is 14.9 Å². The van der Waals surface area contributed by atoms with E-state index in [0.29, 0.717) is 38.2 Å². The van der Waals surface area contributed by atoms with Gasteiger partial charge in [0.25, 0.3) is 5.56 Å². The van der Waals surface area contributed by atoms with Crippen LogP contribution in [0, 0.1) is 18.3 Å². The highest BCUT2D eigenvalue weighted by Crippen LogP contribution is 2.17. The Kier molecular flexibility index (Phi) is 6.77. The lowest BCUT2D eigenvalue weighted by Gasteiger charge is -2.11. The average molecular weight is 280 g/mol. The van der Waals surface area contributed by atoms with Crippen LogP contribution in [0.1, 0.15) is 30.4 Å². The van der Waals surface area contributed by atoms with Gasteiger partial charge in [0.1, 0.15) is 11.6 Å². The normalized spacial score (nSPS) is 10.4. The van der Waals surface area contributed by atoms with Crippen LogP contribution in [0.2, 0.25) is 0 Å². The van der Waals surface area contributed by atoms with Crippen LogP contribution in [0.25, 0.3) is 0 Å². The highest BCUT2D eigenvalue weighted by molar-refractivity contribution is 5.43. The molecule has 6 heteroatoms. The predicted octanol–water partition coefficient (Wildman–Crippen LogP) is 0.913. The average Bonchev–Trinajstić information content (AvgIpc) is 2.41. The largest absolute Gasteiger partial charge is 0.493 e. The first-order valence-electron chi connectivity index (χ1n) is 6.64. The summed E-state index contributed by atoms with van der Waals surface area (Å²) in [6, 6.07) is 3.24. The van der Waals surface area contributed by atoms with Crippen molar-refractivity contribution in [1.82, 2.24) is 4.57 Å². The number of aromatic nitrogens is 1. The number of ether oxygens (including phenoxy) is 1. The van der Waals surface area contributed by atoms with Gasteiger partial charge in [-0.05, 0) is 31.7 Å². The fourth-order valence-corrected chi connectivity index (χ4v) is 1.85. The lowest BCUT2D eigenvalue weighted by atomic mass is 10.1. The van der Waals surface area contributed by atoms with Gasteiger partial charge < -0.3 is 14.9 Å². The number of aliphatic hydroxyl groups excluding tert-OH is 1. The number of unbranched alkanes of at least 4 members (excludes halogenated alkanes) is 1. The zero-order valence-corrected chi connectivity index (χ0v) is 11.6. The second-order valence-corrected chi connectivity index (χ2v) is 4.52. The highest BCUT2D eigenvalue weighted by atomic mass is 16.5. The Bertz CT molecular complexity index is 531. The number of aliphatic hydroxyl groups is 1. The zero-order chi connectivity index (χ0) is 15.0. The van der Waals surface area contributed by atoms with Crippen LogP contribution in [0.5, 0.6) is 5.88 Å². The van der Waals surface area contributed by atoms with E-state index in [9.17, 15) is 9.90 Å². The molecular formula is C14H20N2O4. The second kappa shape index (κ2) is 8.35. The number of hydrogen-bond donors (Lipinski definition) is 2. The predicted molar refractivity (Wildman–Crippen MR) is 73.6 cm³/mol. The molecular weight excluding hydrogens is 260 g/mol. The Morgan fingerprint density at radius 1 is 1.35 bits per heavy atom. The molecule has 1 aromatic heterocycles. The quantitative estimate of drug-likeness (QED) is 0.690. The topological polar surface area (TPSA) is 95.5 Å². The lowest BCUT2D eigenvalue weighted by molar-refractivity contribution is 0.119. The van der Waals surface area contributed by atoms with Crippen LogP contribution in [-0.2, 0) is 11.3 Å². The molecule has 0 fully saturated rings. The van der Waals surface area contributed by atoms with Crippen LogP contribution >= 0.6 is 0 Å². The van der Waals surface area contributed by atoms with Crippen LogP contribution in [0.15, 0.2) is 10.9 Å². The molecule has 0 aromatic carbocycles. The molecule has 0 aliphatic heterocycles. The Morgan fingerprint density at radius 3 is 2.70 bits per heavy atom. The molecule has 1 rings (SSSR count). The SMILES string of the molecule is Cc1cc(=O)n(CCCOCCCCO)c(O)c1C#N. The van der Waals surface area contributed by atoms with Crippen LogP contribution in [-0.4, -0.2) is 34.6 Å². The molecule has 0 aliphatic rings. The summed E-state index contributed by atoms with van der Waals surface area (Å²) < 4.78 is 6.53. The molecule has 0 bridgehead atoms. The summed E-state index contributed by atoms with van der Waals surface area (Å²) in [5, 5.41) is 27.4. The summed E-state index contributed by atoms with van der Waals surface area (Å²) in [6.45, 7) is 3.12. The molecule has 110 valence electrons. The summed E-state index contributed by atoms with van der Waals surface area (Å²) in [5.41, 5.74) is 0.291. The Morgan fingerprint density at radius 2 is 2.05 bits per heavy atom. The molecule has 1 aromatic rings. The second-order valence-electron chi connectivity index (χ2n) is 4.52. The van der Waals surface area contributed by atoms with Gasteiger partial charge in [0.15, 0.2) is 0 Å². The third-order valence-corrected chi connectivity index (χ3v) is 2.96. The molecule has 2 N–H and O–H groups in total. The Hall–Kier alpha value is -1.84. The number of pyridine rings is 1. The van der Waals surface area contributed by atoms with Crippen molar-refractivity contribution in [1.29, 1.82) is 5.26 Å². The minimum absolute atomic E-state index is 0.133. The maximum Gasteiger partial charge on any atom is 0.253 e. The Balaban J connectivity index is 2.53. The summed E-state index contributed by atoms with van der Waals surface area (Å²) in [7, 11) is 0. The van der Waals surface area contributed by atoms with Crippen LogP contribution in [0.3, 0.4) is 0 Å². The number of nitriles is 1. The van der Waals surface area contributed by atoms with E-state index in [1.54, 1.807) is 6.92 Å². The minimum Gasteiger partial charge on any atom is -0.493 e. The fourth-order valence-electron chi connectivity index (χ4n) is 1.85. The molecule has 0 radical (unpaired) electrons. The lowest BCUT2D eigenvalue weighted by Crippen LogP contribution is -2.21. The number of aromatic hydroxyl groups is 1. The smallest absolute Gasteiger partial charge is 0.253 e. The van der Waals surface area contributed by atoms with Gasteiger partial charge in [0.2, 0.25) is 5.88 Å². The van der Waals surface area contributed by atoms with E-state index in [4.69, 9.17) is 15.1 Å². The van der Waals surface area contributed by atoms with E-state index in [0.717, 1.165) is 6.42 Å². The van der Waals surface area contributed by atoms with Crippen LogP contribution < -0.4 is 5.56 Å². The summed E-state index contributed by atoms with van der Waals surface area (Å²) >= 11 is 0. The van der Waals surface area contributed by atoms with E-state index in [1.165, 1.54) is 10.6 Å². The maximum absolute atomic E-state index is 11.8. The molecule has 0 unspecified atom stereocenters. The van der Waals surface area contributed by atoms with E-state index < -0.39 is 0 Å². The minimum atomic E-state index is -0.320. The van der Waals surface area contributed by atoms with Gasteiger partial charge in [-0.25, -0.2) is 0 Å². The zero-order valence-electron chi connectivity index (χ0n) is 11.6. The molecule has 0 aliphatic carbocycles. The molecule has 0 amide bonds. The van der Waals surface area contributed by atoms with Gasteiger partial charge in [-0.1, -0.05) is 0 Å². The first-order valence-corrected chi connectivity index (χ1v) is 6.64. The third kappa shape index (κ3) is 4.37. The van der Waals surface area contributed by atoms with E-state index >= 15 is 0 Å². The van der Waals surface area contributed by atoms with Crippen molar-refractivity contribution in [3.63, 3.8) is 0 Å². The summed E-state index contributed by atoms with van der Waals surface area (Å²) in [6.07, 6.45) is 2.08. The van der Waals surface area contributed by atoms with Crippen molar-refractivity contribution in [2.24, 2.45) is 0 Å². The van der Waals surface area contributed by atoms with Gasteiger partial charge in [0.05, 0.1) is 0 Å². The first-order chi connectivity index (χ1) is 9.61. The fraction of sp³-hybridized carbons (Fsp3) is 0.571. The maximum atomic E-state index is 11.8. The van der Waals surface area contributed by atoms with Crippen LogP contribution in [0.4, 0.5) is 0 Å². The van der Waals surface area contributed by atoms with Crippen molar-refractivity contribution >= 4 is 0 Å². The molecule has 0 atom stereocenters. The number of nitrogens with zero attached hydrogens (tertiary/aromatic N) is 2. The van der Waals surface area contributed by atoms with Gasteiger partial charge >= 0.3 is 0 Å². The number of aryl methyl sites for hydroxylation is 1. The summed E-state index contributed by atoms with van der Waals surface area (Å²) in [4.78, 5) is 11.8. The number of hydrogen-bond acceptors (Lipinski definition) is 5. The van der Waals surface area contributed by atoms with Gasteiger partial charge in [0, 0.05) is 32.4 Å². The van der Waals surface area contributed by atoms with Gasteiger partial charge in [-0.15, -0.1) is 0 Å². The van der Waals surface area contributed by atoms with Gasteiger partial charge in [-0.2, -0.15) is 5.26 Å². The summed E-state index contributed by atoms with van der Waals surface area (Å²) in [5.74, 6) is -0.280. The van der Waals surface area contributed by atoms with Crippen molar-refractivity contribution in [3.05, 3.63) is 27.5 Å². The third-order valence-electron chi connectivity index (χ3n) is 2.96. The molecule has 1 heterocycles. The Labute approximate surface area is 117 Å². The van der Waals surface area contributed by atoms with E-state index in [2.05, 4.69) is 0 Å².